The third-order valence-corrected chi connectivity index (χ3v) is 4.43. The van der Waals surface area contributed by atoms with Crippen molar-refractivity contribution < 1.29 is 18.0 Å². The average Bonchev–Trinajstić information content (AvgIpc) is 3.04. The molecule has 0 bridgehead atoms. The minimum absolute atomic E-state index is 0. The molecule has 0 saturated heterocycles. The summed E-state index contributed by atoms with van der Waals surface area (Å²) in [5, 5.41) is 6.80. The van der Waals surface area contributed by atoms with Crippen molar-refractivity contribution >= 4 is 18.3 Å². The fourth-order valence-electron chi connectivity index (χ4n) is 2.96. The van der Waals surface area contributed by atoms with Crippen molar-refractivity contribution in [3.63, 3.8) is 0 Å². The molecule has 0 fully saturated rings. The summed E-state index contributed by atoms with van der Waals surface area (Å²) in [5.74, 6) is -1.60. The van der Waals surface area contributed by atoms with Gasteiger partial charge in [0.2, 0.25) is 11.7 Å². The van der Waals surface area contributed by atoms with Crippen molar-refractivity contribution in [2.75, 3.05) is 6.54 Å². The van der Waals surface area contributed by atoms with Crippen molar-refractivity contribution in [1.82, 2.24) is 19.7 Å². The quantitative estimate of drug-likeness (QED) is 0.874. The average molecular weight is 390 g/mol. The summed E-state index contributed by atoms with van der Waals surface area (Å²) >= 11 is 0. The van der Waals surface area contributed by atoms with Crippen LogP contribution in [0, 0.1) is 5.92 Å². The SMILES string of the molecule is CC(C(=O)N1CCn2c(nnc2C(F)(F)F)C1)C(N)c1ccccc1.Cl. The Morgan fingerprint density at radius 1 is 1.19 bits per heavy atom. The first kappa shape index (κ1) is 20.2. The molecule has 2 unspecified atom stereocenters. The van der Waals surface area contributed by atoms with Crippen LogP contribution >= 0.6 is 12.4 Å². The van der Waals surface area contributed by atoms with Gasteiger partial charge in [-0.1, -0.05) is 37.3 Å². The van der Waals surface area contributed by atoms with E-state index in [1.807, 2.05) is 30.3 Å². The highest BCUT2D eigenvalue weighted by Crippen LogP contribution is 2.30. The van der Waals surface area contributed by atoms with Crippen molar-refractivity contribution in [2.24, 2.45) is 11.7 Å². The molecule has 2 heterocycles. The van der Waals surface area contributed by atoms with Crippen LogP contribution in [0.5, 0.6) is 0 Å². The Bertz CT molecular complexity index is 765. The molecule has 2 atom stereocenters. The number of hydrogen-bond acceptors (Lipinski definition) is 4. The lowest BCUT2D eigenvalue weighted by atomic mass is 9.94. The molecule has 0 spiro atoms. The number of hydrogen-bond donors (Lipinski definition) is 1. The number of fused-ring (bicyclic) bond motifs is 1. The lowest BCUT2D eigenvalue weighted by Crippen LogP contribution is -2.44. The van der Waals surface area contributed by atoms with Gasteiger partial charge in [0.15, 0.2) is 5.82 Å². The Morgan fingerprint density at radius 3 is 2.46 bits per heavy atom. The van der Waals surface area contributed by atoms with Crippen LogP contribution in [0.3, 0.4) is 0 Å². The summed E-state index contributed by atoms with van der Waals surface area (Å²) in [7, 11) is 0. The van der Waals surface area contributed by atoms with Crippen molar-refractivity contribution in [2.45, 2.75) is 32.2 Å². The maximum atomic E-state index is 12.9. The molecular formula is C16H19ClF3N5O. The highest BCUT2D eigenvalue weighted by molar-refractivity contribution is 5.85. The van der Waals surface area contributed by atoms with E-state index < -0.39 is 24.0 Å². The van der Waals surface area contributed by atoms with Gasteiger partial charge in [-0.2, -0.15) is 13.2 Å². The number of benzene rings is 1. The molecule has 3 rings (SSSR count). The molecule has 0 aliphatic carbocycles. The minimum atomic E-state index is -4.56. The molecule has 26 heavy (non-hydrogen) atoms. The van der Waals surface area contributed by atoms with Gasteiger partial charge in [0.1, 0.15) is 0 Å². The molecule has 0 saturated carbocycles. The fourth-order valence-corrected chi connectivity index (χ4v) is 2.96. The minimum Gasteiger partial charge on any atom is -0.333 e. The van der Waals surface area contributed by atoms with E-state index in [1.165, 1.54) is 4.90 Å². The standard InChI is InChI=1S/C16H18F3N5O.ClH/c1-10(13(20)11-5-3-2-4-6-11)14(25)23-7-8-24-12(9-23)21-22-15(24)16(17,18)19;/h2-6,10,13H,7-9,20H2,1H3;1H. The van der Waals surface area contributed by atoms with Gasteiger partial charge in [-0.25, -0.2) is 0 Å². The Kier molecular flexibility index (Phi) is 5.92. The van der Waals surface area contributed by atoms with Crippen LogP contribution in [0.15, 0.2) is 30.3 Å². The van der Waals surface area contributed by atoms with Crippen LogP contribution in [0.2, 0.25) is 0 Å². The smallest absolute Gasteiger partial charge is 0.333 e. The van der Waals surface area contributed by atoms with Crippen LogP contribution in [-0.2, 0) is 24.1 Å². The molecule has 6 nitrogen and oxygen atoms in total. The summed E-state index contributed by atoms with van der Waals surface area (Å²) in [6.45, 7) is 1.89. The van der Waals surface area contributed by atoms with Gasteiger partial charge in [0, 0.05) is 19.1 Å². The van der Waals surface area contributed by atoms with Gasteiger partial charge in [0.05, 0.1) is 12.5 Å². The van der Waals surface area contributed by atoms with E-state index in [2.05, 4.69) is 10.2 Å². The highest BCUT2D eigenvalue weighted by Gasteiger charge is 2.40. The normalized spacial score (nSPS) is 16.4. The summed E-state index contributed by atoms with van der Waals surface area (Å²) in [6, 6.07) is 8.74. The molecule has 0 radical (unpaired) electrons. The van der Waals surface area contributed by atoms with E-state index in [1.54, 1.807) is 6.92 Å². The number of alkyl halides is 3. The first-order chi connectivity index (χ1) is 11.8. The highest BCUT2D eigenvalue weighted by atomic mass is 35.5. The second-order valence-electron chi connectivity index (χ2n) is 6.07. The molecule has 1 aliphatic heterocycles. The number of nitrogens with zero attached hydrogens (tertiary/aromatic N) is 4. The number of nitrogens with two attached hydrogens (primary N) is 1. The first-order valence-electron chi connectivity index (χ1n) is 7.87. The van der Waals surface area contributed by atoms with E-state index in [-0.39, 0.29) is 43.8 Å². The van der Waals surface area contributed by atoms with Gasteiger partial charge >= 0.3 is 6.18 Å². The number of amides is 1. The van der Waals surface area contributed by atoms with Crippen molar-refractivity contribution in [3.05, 3.63) is 47.5 Å². The number of rotatable bonds is 3. The van der Waals surface area contributed by atoms with Crippen molar-refractivity contribution in [3.8, 4) is 0 Å². The molecule has 1 amide bonds. The zero-order valence-electron chi connectivity index (χ0n) is 14.0. The zero-order chi connectivity index (χ0) is 18.2. The van der Waals surface area contributed by atoms with Crippen molar-refractivity contribution in [1.29, 1.82) is 0 Å². The molecule has 2 aromatic rings. The fraction of sp³-hybridized carbons (Fsp3) is 0.438. The van der Waals surface area contributed by atoms with Crippen LogP contribution < -0.4 is 5.73 Å². The maximum Gasteiger partial charge on any atom is 0.451 e. The molecular weight excluding hydrogens is 371 g/mol. The molecule has 2 N–H and O–H groups in total. The molecule has 142 valence electrons. The van der Waals surface area contributed by atoms with Crippen LogP contribution in [-0.4, -0.2) is 32.1 Å². The zero-order valence-corrected chi connectivity index (χ0v) is 14.8. The van der Waals surface area contributed by atoms with E-state index in [9.17, 15) is 18.0 Å². The lowest BCUT2D eigenvalue weighted by molar-refractivity contribution is -0.148. The topological polar surface area (TPSA) is 77.0 Å². The number of carbonyl (C=O) groups excluding carboxylic acids is 1. The van der Waals surface area contributed by atoms with Gasteiger partial charge in [-0.3, -0.25) is 4.79 Å². The first-order valence-corrected chi connectivity index (χ1v) is 7.87. The Hall–Kier alpha value is -2.13. The summed E-state index contributed by atoms with van der Waals surface area (Å²) in [6.07, 6.45) is -4.56. The predicted octanol–water partition coefficient (Wildman–Crippen LogP) is 2.40. The number of aromatic nitrogens is 3. The molecule has 1 aliphatic rings. The molecule has 1 aromatic heterocycles. The number of carbonyl (C=O) groups is 1. The van der Waals surface area contributed by atoms with Gasteiger partial charge in [-0.05, 0) is 5.56 Å². The summed E-state index contributed by atoms with van der Waals surface area (Å²) in [4.78, 5) is 14.2. The van der Waals surface area contributed by atoms with Crippen LogP contribution in [0.1, 0.15) is 30.2 Å². The summed E-state index contributed by atoms with van der Waals surface area (Å²) < 4.78 is 39.6. The monoisotopic (exact) mass is 389 g/mol. The lowest BCUT2D eigenvalue weighted by Gasteiger charge is -2.31. The molecule has 10 heteroatoms. The third-order valence-electron chi connectivity index (χ3n) is 4.43. The van der Waals surface area contributed by atoms with E-state index in [0.29, 0.717) is 0 Å². The Balaban J connectivity index is 0.00000243. The third kappa shape index (κ3) is 3.83. The largest absolute Gasteiger partial charge is 0.451 e. The van der Waals surface area contributed by atoms with Gasteiger partial charge < -0.3 is 15.2 Å². The van der Waals surface area contributed by atoms with E-state index >= 15 is 0 Å². The maximum absolute atomic E-state index is 12.9. The van der Waals surface area contributed by atoms with Gasteiger partial charge in [0.25, 0.3) is 0 Å². The van der Waals surface area contributed by atoms with Crippen LogP contribution in [0.25, 0.3) is 0 Å². The van der Waals surface area contributed by atoms with Gasteiger partial charge in [-0.15, -0.1) is 22.6 Å². The second kappa shape index (κ2) is 7.63. The van der Waals surface area contributed by atoms with Crippen LogP contribution in [0.4, 0.5) is 13.2 Å². The second-order valence-corrected chi connectivity index (χ2v) is 6.07. The Labute approximate surface area is 154 Å². The number of halogens is 4. The Morgan fingerprint density at radius 2 is 1.85 bits per heavy atom. The summed E-state index contributed by atoms with van der Waals surface area (Å²) in [5.41, 5.74) is 7.01. The molecule has 1 aromatic carbocycles. The van der Waals surface area contributed by atoms with E-state index in [0.717, 1.165) is 10.1 Å². The predicted molar refractivity (Wildman–Crippen MR) is 90.2 cm³/mol. The van der Waals surface area contributed by atoms with E-state index in [4.69, 9.17) is 5.73 Å².